The van der Waals surface area contributed by atoms with Gasteiger partial charge in [0, 0.05) is 45.2 Å². The molecule has 206 valence electrons. The van der Waals surface area contributed by atoms with Crippen LogP contribution in [0.3, 0.4) is 0 Å². The first-order valence-corrected chi connectivity index (χ1v) is 14.5. The first-order valence-electron chi connectivity index (χ1n) is 12.8. The number of carbonyl (C=O) groups is 1. The number of benzene rings is 1. The zero-order chi connectivity index (χ0) is 27.0. The van der Waals surface area contributed by atoms with E-state index in [2.05, 4.69) is 24.9 Å². The van der Waals surface area contributed by atoms with Crippen molar-refractivity contribution in [1.29, 1.82) is 0 Å². The predicted molar refractivity (Wildman–Crippen MR) is 140 cm³/mol. The number of aliphatic hydroxyl groups excluding tert-OH is 1. The Morgan fingerprint density at radius 1 is 1.00 bits per heavy atom. The largest absolute Gasteiger partial charge is 0.395 e. The highest BCUT2D eigenvalue weighted by Gasteiger charge is 2.44. The molecule has 2 aromatic rings. The Bertz CT molecular complexity index is 1280. The summed E-state index contributed by atoms with van der Waals surface area (Å²) in [6.07, 6.45) is 5.39. The van der Waals surface area contributed by atoms with Crippen molar-refractivity contribution in [2.24, 2.45) is 5.41 Å². The first kappa shape index (κ1) is 26.5. The fourth-order valence-corrected chi connectivity index (χ4v) is 5.91. The van der Waals surface area contributed by atoms with Gasteiger partial charge in [0.05, 0.1) is 29.3 Å². The highest BCUT2D eigenvalue weighted by Crippen LogP contribution is 2.54. The van der Waals surface area contributed by atoms with Gasteiger partial charge in [0.25, 0.3) is 11.8 Å². The summed E-state index contributed by atoms with van der Waals surface area (Å²) in [6, 6.07) is 6.26. The van der Waals surface area contributed by atoms with Crippen LogP contribution in [0, 0.1) is 5.41 Å². The SMILES string of the molecule is O=C(Nc1ccnc(N2CCC(F)(F)CC2)n1)c1ccc(NS(=O)(=O)CCO)cc1N1CCC2(CC1)CC2. The molecule has 0 bridgehead atoms. The van der Waals surface area contributed by atoms with Gasteiger partial charge >= 0.3 is 0 Å². The Labute approximate surface area is 220 Å². The zero-order valence-electron chi connectivity index (χ0n) is 21.0. The number of aromatic nitrogens is 2. The predicted octanol–water partition coefficient (Wildman–Crippen LogP) is 3.08. The lowest BCUT2D eigenvalue weighted by atomic mass is 9.93. The summed E-state index contributed by atoms with van der Waals surface area (Å²) in [5.74, 6) is -3.03. The number of hydrogen-bond acceptors (Lipinski definition) is 8. The van der Waals surface area contributed by atoms with Gasteiger partial charge in [-0.1, -0.05) is 0 Å². The Hall–Kier alpha value is -3.06. The average molecular weight is 551 g/mol. The molecule has 2 saturated heterocycles. The molecule has 2 aliphatic heterocycles. The number of nitrogens with one attached hydrogen (secondary N) is 2. The number of aliphatic hydroxyl groups is 1. The molecule has 1 aliphatic carbocycles. The Balaban J connectivity index is 1.36. The van der Waals surface area contributed by atoms with Gasteiger partial charge in [-0.15, -0.1) is 0 Å². The van der Waals surface area contributed by atoms with Crippen LogP contribution in [0.25, 0.3) is 0 Å². The first-order chi connectivity index (χ1) is 18.1. The van der Waals surface area contributed by atoms with Gasteiger partial charge < -0.3 is 20.2 Å². The smallest absolute Gasteiger partial charge is 0.258 e. The molecule has 3 fully saturated rings. The third-order valence-corrected chi connectivity index (χ3v) is 8.93. The van der Waals surface area contributed by atoms with Crippen molar-refractivity contribution in [2.75, 3.05) is 58.4 Å². The normalized spacial score (nSPS) is 20.3. The van der Waals surface area contributed by atoms with Crippen LogP contribution >= 0.6 is 0 Å². The molecule has 1 amide bonds. The van der Waals surface area contributed by atoms with E-state index >= 15 is 0 Å². The van der Waals surface area contributed by atoms with Crippen LogP contribution in [0.1, 0.15) is 48.9 Å². The maximum Gasteiger partial charge on any atom is 0.258 e. The van der Waals surface area contributed by atoms with Crippen molar-refractivity contribution in [1.82, 2.24) is 9.97 Å². The van der Waals surface area contributed by atoms with E-state index in [9.17, 15) is 22.0 Å². The molecule has 3 heterocycles. The van der Waals surface area contributed by atoms with Crippen LogP contribution in [0.4, 0.5) is 31.9 Å². The molecule has 0 atom stereocenters. The fourth-order valence-electron chi connectivity index (χ4n) is 5.09. The molecule has 13 heteroatoms. The lowest BCUT2D eigenvalue weighted by molar-refractivity contribution is -0.0222. The average Bonchev–Trinajstić information content (AvgIpc) is 3.63. The summed E-state index contributed by atoms with van der Waals surface area (Å²) in [5, 5.41) is 11.8. The number of amides is 1. The van der Waals surface area contributed by atoms with Crippen LogP contribution in [-0.4, -0.2) is 73.9 Å². The van der Waals surface area contributed by atoms with Crippen LogP contribution in [0.2, 0.25) is 0 Å². The quantitative estimate of drug-likeness (QED) is 0.458. The lowest BCUT2D eigenvalue weighted by Crippen LogP contribution is -2.40. The minimum absolute atomic E-state index is 0.124. The van der Waals surface area contributed by atoms with Crippen LogP contribution in [-0.2, 0) is 10.0 Å². The summed E-state index contributed by atoms with van der Waals surface area (Å²) >= 11 is 0. The number of carbonyl (C=O) groups excluding carboxylic acids is 1. The van der Waals surface area contributed by atoms with Crippen molar-refractivity contribution < 1.29 is 27.1 Å². The minimum atomic E-state index is -3.73. The summed E-state index contributed by atoms with van der Waals surface area (Å²) in [5.41, 5.74) is 1.69. The van der Waals surface area contributed by atoms with E-state index in [4.69, 9.17) is 5.11 Å². The maximum atomic E-state index is 13.6. The van der Waals surface area contributed by atoms with Gasteiger partial charge in [-0.2, -0.15) is 4.98 Å². The number of nitrogens with zero attached hydrogens (tertiary/aromatic N) is 4. The summed E-state index contributed by atoms with van der Waals surface area (Å²) < 4.78 is 54.0. The molecule has 38 heavy (non-hydrogen) atoms. The molecule has 1 aromatic carbocycles. The molecule has 3 aliphatic rings. The number of halogens is 2. The monoisotopic (exact) mass is 550 g/mol. The second kappa shape index (κ2) is 10.3. The van der Waals surface area contributed by atoms with Crippen LogP contribution in [0.5, 0.6) is 0 Å². The van der Waals surface area contributed by atoms with Crippen molar-refractivity contribution in [3.63, 3.8) is 0 Å². The molecule has 5 rings (SSSR count). The molecule has 3 N–H and O–H groups in total. The van der Waals surface area contributed by atoms with Crippen molar-refractivity contribution >= 4 is 39.1 Å². The zero-order valence-corrected chi connectivity index (χ0v) is 21.8. The van der Waals surface area contributed by atoms with Gasteiger partial charge in [-0.05, 0) is 55.4 Å². The van der Waals surface area contributed by atoms with Crippen molar-refractivity contribution in [3.05, 3.63) is 36.0 Å². The highest BCUT2D eigenvalue weighted by atomic mass is 32.2. The topological polar surface area (TPSA) is 128 Å². The molecular formula is C25H32F2N6O4S. The number of hydrogen-bond donors (Lipinski definition) is 3. The van der Waals surface area contributed by atoms with E-state index in [-0.39, 0.29) is 37.7 Å². The lowest BCUT2D eigenvalue weighted by Gasteiger charge is -2.35. The van der Waals surface area contributed by atoms with Gasteiger partial charge in [0.2, 0.25) is 16.0 Å². The van der Waals surface area contributed by atoms with Crippen LogP contribution < -0.4 is 19.8 Å². The molecule has 10 nitrogen and oxygen atoms in total. The molecule has 0 radical (unpaired) electrons. The Morgan fingerprint density at radius 2 is 1.68 bits per heavy atom. The Morgan fingerprint density at radius 3 is 2.34 bits per heavy atom. The molecule has 1 spiro atoms. The van der Waals surface area contributed by atoms with Gasteiger partial charge in [-0.3, -0.25) is 9.52 Å². The van der Waals surface area contributed by atoms with E-state index in [1.54, 1.807) is 17.0 Å². The summed E-state index contributed by atoms with van der Waals surface area (Å²) in [7, 11) is -3.73. The number of anilines is 4. The second-order valence-electron chi connectivity index (χ2n) is 10.4. The third kappa shape index (κ3) is 6.15. The molecule has 1 aromatic heterocycles. The molecule has 1 saturated carbocycles. The van der Waals surface area contributed by atoms with Crippen molar-refractivity contribution in [2.45, 2.75) is 44.4 Å². The maximum absolute atomic E-state index is 13.6. The highest BCUT2D eigenvalue weighted by molar-refractivity contribution is 7.92. The number of piperidine rings is 2. The fraction of sp³-hybridized carbons (Fsp3) is 0.560. The second-order valence-corrected chi connectivity index (χ2v) is 12.2. The van der Waals surface area contributed by atoms with E-state index in [0.717, 1.165) is 25.9 Å². The number of alkyl halides is 2. The third-order valence-electron chi connectivity index (χ3n) is 7.66. The van der Waals surface area contributed by atoms with Gasteiger partial charge in [0.1, 0.15) is 5.82 Å². The minimum Gasteiger partial charge on any atom is -0.395 e. The number of sulfonamides is 1. The van der Waals surface area contributed by atoms with Crippen molar-refractivity contribution in [3.8, 4) is 0 Å². The van der Waals surface area contributed by atoms with Gasteiger partial charge in [0.15, 0.2) is 0 Å². The van der Waals surface area contributed by atoms with E-state index in [1.807, 2.05) is 0 Å². The number of rotatable bonds is 8. The standard InChI is InChI=1S/C25H32F2N6O4S/c26-25(27)8-13-33(14-9-25)23-28-10-3-21(30-23)29-22(35)19-2-1-18(31-38(36,37)16-15-34)17-20(19)32-11-6-24(4-5-24)7-12-32/h1-3,10,17,31,34H,4-9,11-16H2,(H,28,29,30,35). The summed E-state index contributed by atoms with van der Waals surface area (Å²) in [6.45, 7) is 1.25. The molecule has 0 unspecified atom stereocenters. The Kier molecular flexibility index (Phi) is 7.16. The van der Waals surface area contributed by atoms with Crippen LogP contribution in [0.15, 0.2) is 30.5 Å². The molecular weight excluding hydrogens is 518 g/mol. The van der Waals surface area contributed by atoms with Gasteiger partial charge in [-0.25, -0.2) is 22.2 Å². The van der Waals surface area contributed by atoms with E-state index < -0.39 is 34.2 Å². The summed E-state index contributed by atoms with van der Waals surface area (Å²) in [4.78, 5) is 25.7. The van der Waals surface area contributed by atoms with E-state index in [0.29, 0.717) is 22.4 Å². The van der Waals surface area contributed by atoms with E-state index in [1.165, 1.54) is 31.2 Å².